The van der Waals surface area contributed by atoms with Crippen molar-refractivity contribution >= 4 is 5.91 Å². The lowest BCUT2D eigenvalue weighted by Crippen LogP contribution is -2.46. The fourth-order valence-corrected chi connectivity index (χ4v) is 1.60. The van der Waals surface area contributed by atoms with Crippen LogP contribution in [0.25, 0.3) is 0 Å². The number of unbranched alkanes of at least 4 members (excludes halogenated alkanes) is 1. The van der Waals surface area contributed by atoms with Gasteiger partial charge in [0.05, 0.1) is 6.04 Å². The summed E-state index contributed by atoms with van der Waals surface area (Å²) in [5.74, 6) is 0.102. The van der Waals surface area contributed by atoms with E-state index in [1.54, 1.807) is 7.11 Å². The topological polar surface area (TPSA) is 50.4 Å². The first kappa shape index (κ1) is 16.4. The average molecular weight is 244 g/mol. The Labute approximate surface area is 105 Å². The Morgan fingerprint density at radius 1 is 1.24 bits per heavy atom. The van der Waals surface area contributed by atoms with Crippen LogP contribution in [0.4, 0.5) is 0 Å². The van der Waals surface area contributed by atoms with Gasteiger partial charge in [0.2, 0.25) is 5.91 Å². The van der Waals surface area contributed by atoms with Gasteiger partial charge in [0.15, 0.2) is 0 Å². The van der Waals surface area contributed by atoms with E-state index < -0.39 is 0 Å². The van der Waals surface area contributed by atoms with Gasteiger partial charge >= 0.3 is 0 Å². The Hall–Kier alpha value is -0.610. The van der Waals surface area contributed by atoms with Gasteiger partial charge in [0.25, 0.3) is 0 Å². The van der Waals surface area contributed by atoms with Gasteiger partial charge in [-0.1, -0.05) is 13.8 Å². The van der Waals surface area contributed by atoms with E-state index in [1.165, 1.54) is 0 Å². The monoisotopic (exact) mass is 244 g/mol. The van der Waals surface area contributed by atoms with Crippen LogP contribution in [-0.2, 0) is 9.53 Å². The van der Waals surface area contributed by atoms with E-state index in [0.717, 1.165) is 38.8 Å². The molecule has 0 aromatic carbocycles. The number of carbonyl (C=O) groups is 1. The molecule has 1 atom stereocenters. The van der Waals surface area contributed by atoms with Gasteiger partial charge in [-0.15, -0.1) is 0 Å². The molecular formula is C13H28N2O2. The van der Waals surface area contributed by atoms with Crippen molar-refractivity contribution in [2.45, 2.75) is 58.5 Å². The number of rotatable bonds is 10. The average Bonchev–Trinajstić information content (AvgIpc) is 2.35. The predicted molar refractivity (Wildman–Crippen MR) is 71.1 cm³/mol. The lowest BCUT2D eigenvalue weighted by Gasteiger charge is -2.19. The van der Waals surface area contributed by atoms with Gasteiger partial charge in [-0.2, -0.15) is 0 Å². The van der Waals surface area contributed by atoms with Crippen LogP contribution in [0.2, 0.25) is 0 Å². The lowest BCUT2D eigenvalue weighted by molar-refractivity contribution is -0.123. The van der Waals surface area contributed by atoms with E-state index in [-0.39, 0.29) is 11.9 Å². The Balaban J connectivity index is 3.66. The minimum Gasteiger partial charge on any atom is -0.385 e. The Morgan fingerprint density at radius 3 is 2.41 bits per heavy atom. The molecule has 0 saturated heterocycles. The van der Waals surface area contributed by atoms with E-state index >= 15 is 0 Å². The third-order valence-corrected chi connectivity index (χ3v) is 2.95. The molecule has 0 aromatic heterocycles. The molecule has 0 radical (unpaired) electrons. The maximum atomic E-state index is 11.8. The Morgan fingerprint density at radius 2 is 1.88 bits per heavy atom. The molecule has 17 heavy (non-hydrogen) atoms. The van der Waals surface area contributed by atoms with E-state index in [9.17, 15) is 4.79 Å². The van der Waals surface area contributed by atoms with Crippen LogP contribution in [0.5, 0.6) is 0 Å². The van der Waals surface area contributed by atoms with Crippen molar-refractivity contribution in [3.63, 3.8) is 0 Å². The van der Waals surface area contributed by atoms with Gasteiger partial charge in [-0.05, 0) is 39.2 Å². The largest absolute Gasteiger partial charge is 0.385 e. The second-order valence-electron chi connectivity index (χ2n) is 4.40. The first-order valence-electron chi connectivity index (χ1n) is 6.68. The van der Waals surface area contributed by atoms with Crippen molar-refractivity contribution in [3.8, 4) is 0 Å². The number of methoxy groups -OCH3 is 1. The number of carbonyl (C=O) groups excluding carboxylic acids is 1. The first-order chi connectivity index (χ1) is 8.15. The smallest absolute Gasteiger partial charge is 0.237 e. The number of amides is 1. The maximum Gasteiger partial charge on any atom is 0.237 e. The molecule has 0 fully saturated rings. The Kier molecular flexibility index (Phi) is 10.2. The molecule has 0 spiro atoms. The summed E-state index contributed by atoms with van der Waals surface area (Å²) >= 11 is 0. The second-order valence-corrected chi connectivity index (χ2v) is 4.40. The first-order valence-corrected chi connectivity index (χ1v) is 6.68. The summed E-state index contributed by atoms with van der Waals surface area (Å²) in [6.45, 7) is 7.75. The molecule has 0 rings (SSSR count). The molecule has 4 nitrogen and oxygen atoms in total. The molecule has 2 N–H and O–H groups in total. The molecule has 1 amide bonds. The summed E-state index contributed by atoms with van der Waals surface area (Å²) in [4.78, 5) is 11.8. The van der Waals surface area contributed by atoms with Crippen LogP contribution in [0.1, 0.15) is 46.5 Å². The van der Waals surface area contributed by atoms with Crippen LogP contribution in [0.3, 0.4) is 0 Å². The number of nitrogens with one attached hydrogen (secondary N) is 2. The lowest BCUT2D eigenvalue weighted by atomic mass is 10.1. The fraction of sp³-hybridized carbons (Fsp3) is 0.923. The highest BCUT2D eigenvalue weighted by Gasteiger charge is 2.14. The zero-order valence-electron chi connectivity index (χ0n) is 11.7. The summed E-state index contributed by atoms with van der Waals surface area (Å²) in [5.41, 5.74) is 0. The predicted octanol–water partition coefficient (Wildman–Crippen LogP) is 1.70. The highest BCUT2D eigenvalue weighted by molar-refractivity contribution is 5.81. The SMILES string of the molecule is CCC(CC)NC(=O)C(C)NCCCCOC. The van der Waals surface area contributed by atoms with E-state index in [4.69, 9.17) is 4.74 Å². The zero-order valence-corrected chi connectivity index (χ0v) is 11.7. The highest BCUT2D eigenvalue weighted by atomic mass is 16.5. The number of ether oxygens (including phenoxy) is 1. The van der Waals surface area contributed by atoms with Gasteiger partial charge in [0.1, 0.15) is 0 Å². The van der Waals surface area contributed by atoms with Crippen LogP contribution < -0.4 is 10.6 Å². The number of hydrogen-bond donors (Lipinski definition) is 2. The molecular weight excluding hydrogens is 216 g/mol. The Bertz CT molecular complexity index is 194. The quantitative estimate of drug-likeness (QED) is 0.575. The minimum absolute atomic E-state index is 0.102. The van der Waals surface area contributed by atoms with Gasteiger partial charge in [0, 0.05) is 19.8 Å². The molecule has 0 aliphatic heterocycles. The van der Waals surface area contributed by atoms with Crippen molar-refractivity contribution in [3.05, 3.63) is 0 Å². The molecule has 0 heterocycles. The summed E-state index contributed by atoms with van der Waals surface area (Å²) in [5, 5.41) is 6.27. The van der Waals surface area contributed by atoms with Crippen molar-refractivity contribution in [1.29, 1.82) is 0 Å². The van der Waals surface area contributed by atoms with E-state index in [0.29, 0.717) is 6.04 Å². The van der Waals surface area contributed by atoms with Gasteiger partial charge in [-0.25, -0.2) is 0 Å². The molecule has 0 saturated carbocycles. The highest BCUT2D eigenvalue weighted by Crippen LogP contribution is 1.97. The standard InChI is InChI=1S/C13H28N2O2/c1-5-12(6-2)15-13(16)11(3)14-9-7-8-10-17-4/h11-12,14H,5-10H2,1-4H3,(H,15,16). The summed E-state index contributed by atoms with van der Waals surface area (Å²) < 4.78 is 4.97. The van der Waals surface area contributed by atoms with Crippen molar-refractivity contribution < 1.29 is 9.53 Å². The van der Waals surface area contributed by atoms with E-state index in [2.05, 4.69) is 24.5 Å². The molecule has 0 aromatic rings. The van der Waals surface area contributed by atoms with Crippen LogP contribution in [0, 0.1) is 0 Å². The van der Waals surface area contributed by atoms with Crippen LogP contribution >= 0.6 is 0 Å². The second kappa shape index (κ2) is 10.5. The van der Waals surface area contributed by atoms with Gasteiger partial charge < -0.3 is 15.4 Å². The molecule has 4 heteroatoms. The maximum absolute atomic E-state index is 11.8. The van der Waals surface area contributed by atoms with Crippen molar-refractivity contribution in [1.82, 2.24) is 10.6 Å². The third kappa shape index (κ3) is 8.16. The summed E-state index contributed by atoms with van der Waals surface area (Å²) in [6.07, 6.45) is 4.05. The summed E-state index contributed by atoms with van der Waals surface area (Å²) in [6, 6.07) is 0.193. The molecule has 0 aliphatic carbocycles. The molecule has 0 aliphatic rings. The fourth-order valence-electron chi connectivity index (χ4n) is 1.60. The normalized spacial score (nSPS) is 12.8. The molecule has 1 unspecified atom stereocenters. The van der Waals surface area contributed by atoms with Gasteiger partial charge in [-0.3, -0.25) is 4.79 Å². The van der Waals surface area contributed by atoms with Crippen molar-refractivity contribution in [2.75, 3.05) is 20.3 Å². The number of hydrogen-bond acceptors (Lipinski definition) is 3. The molecule has 102 valence electrons. The van der Waals surface area contributed by atoms with E-state index in [1.807, 2.05) is 6.92 Å². The van der Waals surface area contributed by atoms with Crippen molar-refractivity contribution in [2.24, 2.45) is 0 Å². The molecule has 0 bridgehead atoms. The minimum atomic E-state index is -0.113. The summed E-state index contributed by atoms with van der Waals surface area (Å²) in [7, 11) is 1.71. The zero-order chi connectivity index (χ0) is 13.1. The third-order valence-electron chi connectivity index (χ3n) is 2.95. The van der Waals surface area contributed by atoms with Crippen LogP contribution in [0.15, 0.2) is 0 Å². The van der Waals surface area contributed by atoms with Crippen LogP contribution in [-0.4, -0.2) is 38.3 Å².